The van der Waals surface area contributed by atoms with Crippen molar-refractivity contribution in [1.82, 2.24) is 4.57 Å². The van der Waals surface area contributed by atoms with Crippen LogP contribution in [0.2, 0.25) is 6.04 Å². The van der Waals surface area contributed by atoms with Crippen LogP contribution in [-0.2, 0) is 0 Å². The molecular formula is C6H19NOSi. The van der Waals surface area contributed by atoms with Gasteiger partial charge in [-0.25, -0.2) is 0 Å². The van der Waals surface area contributed by atoms with Crippen molar-refractivity contribution in [2.45, 2.75) is 25.8 Å². The van der Waals surface area contributed by atoms with Crippen LogP contribution in [0.4, 0.5) is 0 Å². The molecule has 9 heavy (non-hydrogen) atoms. The first kappa shape index (κ1) is 11.9. The Morgan fingerprint density at radius 3 is 2.22 bits per heavy atom. The third-order valence-electron chi connectivity index (χ3n) is 1.21. The molecule has 0 aromatic carbocycles. The molecule has 0 bridgehead atoms. The molecule has 0 aromatic heterocycles. The number of rotatable bonds is 4. The highest BCUT2D eigenvalue weighted by Crippen LogP contribution is 1.92. The Labute approximate surface area is 60.5 Å². The van der Waals surface area contributed by atoms with E-state index in [1.165, 1.54) is 18.9 Å². The molecule has 0 fully saturated rings. The summed E-state index contributed by atoms with van der Waals surface area (Å²) in [5.41, 5.74) is 0. The zero-order valence-electron chi connectivity index (χ0n) is 6.78. The average molecular weight is 149 g/mol. The summed E-state index contributed by atoms with van der Waals surface area (Å²) < 4.78 is 2.37. The van der Waals surface area contributed by atoms with E-state index >= 15 is 0 Å². The summed E-state index contributed by atoms with van der Waals surface area (Å²) >= 11 is 0. The predicted octanol–water partition coefficient (Wildman–Crippen LogP) is 0.0255. The SMILES string of the molecule is CCCC[SiH2]N(C)C.O. The Balaban J connectivity index is 0. The second-order valence-corrected chi connectivity index (χ2v) is 4.93. The maximum Gasteiger partial charge on any atom is 0.0943 e. The van der Waals surface area contributed by atoms with Crippen LogP contribution in [0.15, 0.2) is 0 Å². The van der Waals surface area contributed by atoms with E-state index in [1.54, 1.807) is 0 Å². The Bertz CT molecular complexity index is 50.3. The Kier molecular flexibility index (Phi) is 10.7. The predicted molar refractivity (Wildman–Crippen MR) is 45.6 cm³/mol. The second-order valence-electron chi connectivity index (χ2n) is 2.51. The van der Waals surface area contributed by atoms with E-state index in [2.05, 4.69) is 25.6 Å². The molecule has 0 heterocycles. The highest BCUT2D eigenvalue weighted by molar-refractivity contribution is 6.31. The maximum absolute atomic E-state index is 2.37. The maximum atomic E-state index is 2.37. The highest BCUT2D eigenvalue weighted by Gasteiger charge is 1.88. The van der Waals surface area contributed by atoms with Crippen LogP contribution in [0.25, 0.3) is 0 Å². The third-order valence-corrected chi connectivity index (χ3v) is 2.92. The number of unbranched alkanes of at least 4 members (excludes halogenated alkanes) is 1. The molecule has 58 valence electrons. The zero-order valence-corrected chi connectivity index (χ0v) is 8.19. The molecular weight excluding hydrogens is 130 g/mol. The van der Waals surface area contributed by atoms with Gasteiger partial charge in [-0.15, -0.1) is 0 Å². The van der Waals surface area contributed by atoms with Crippen molar-refractivity contribution < 1.29 is 5.48 Å². The van der Waals surface area contributed by atoms with Gasteiger partial charge >= 0.3 is 0 Å². The lowest BCUT2D eigenvalue weighted by molar-refractivity contribution is 0.651. The highest BCUT2D eigenvalue weighted by atomic mass is 28.2. The lowest BCUT2D eigenvalue weighted by Gasteiger charge is -2.05. The van der Waals surface area contributed by atoms with Crippen molar-refractivity contribution >= 4 is 9.68 Å². The molecule has 0 aromatic rings. The number of hydrogen-bond donors (Lipinski definition) is 0. The normalized spacial score (nSPS) is 10.7. The van der Waals surface area contributed by atoms with E-state index in [1.807, 2.05) is 0 Å². The molecule has 0 radical (unpaired) electrons. The van der Waals surface area contributed by atoms with Crippen molar-refractivity contribution in [1.29, 1.82) is 0 Å². The first-order valence-corrected chi connectivity index (χ1v) is 5.05. The topological polar surface area (TPSA) is 34.7 Å². The van der Waals surface area contributed by atoms with Crippen molar-refractivity contribution in [2.75, 3.05) is 14.1 Å². The van der Waals surface area contributed by atoms with Gasteiger partial charge < -0.3 is 10.0 Å². The molecule has 0 amide bonds. The smallest absolute Gasteiger partial charge is 0.0943 e. The molecule has 0 aliphatic rings. The molecule has 2 N–H and O–H groups in total. The minimum atomic E-state index is 0. The monoisotopic (exact) mass is 149 g/mol. The van der Waals surface area contributed by atoms with Gasteiger partial charge in [0.1, 0.15) is 0 Å². The zero-order chi connectivity index (χ0) is 6.41. The van der Waals surface area contributed by atoms with Gasteiger partial charge in [0.15, 0.2) is 0 Å². The summed E-state index contributed by atoms with van der Waals surface area (Å²) in [4.78, 5) is 0. The Morgan fingerprint density at radius 1 is 1.33 bits per heavy atom. The van der Waals surface area contributed by atoms with E-state index in [-0.39, 0.29) is 15.2 Å². The van der Waals surface area contributed by atoms with Gasteiger partial charge in [-0.1, -0.05) is 19.8 Å². The quantitative estimate of drug-likeness (QED) is 0.410. The summed E-state index contributed by atoms with van der Waals surface area (Å²) in [6.07, 6.45) is 2.80. The summed E-state index contributed by atoms with van der Waals surface area (Å²) in [6, 6.07) is 1.49. The minimum absolute atomic E-state index is 0. The van der Waals surface area contributed by atoms with E-state index in [0.717, 1.165) is 0 Å². The van der Waals surface area contributed by atoms with Gasteiger partial charge in [0.2, 0.25) is 0 Å². The molecule has 0 aliphatic heterocycles. The van der Waals surface area contributed by atoms with Crippen LogP contribution in [0, 0.1) is 0 Å². The largest absolute Gasteiger partial charge is 0.412 e. The first-order valence-electron chi connectivity index (χ1n) is 3.42. The average Bonchev–Trinajstić information content (AvgIpc) is 1.66. The van der Waals surface area contributed by atoms with Gasteiger partial charge in [-0.3, -0.25) is 0 Å². The third kappa shape index (κ3) is 11.6. The van der Waals surface area contributed by atoms with Crippen molar-refractivity contribution in [3.63, 3.8) is 0 Å². The molecule has 0 atom stereocenters. The van der Waals surface area contributed by atoms with Crippen LogP contribution < -0.4 is 0 Å². The minimum Gasteiger partial charge on any atom is -0.412 e. The van der Waals surface area contributed by atoms with E-state index < -0.39 is 0 Å². The van der Waals surface area contributed by atoms with Crippen LogP contribution in [0.1, 0.15) is 19.8 Å². The van der Waals surface area contributed by atoms with Crippen LogP contribution >= 0.6 is 0 Å². The Morgan fingerprint density at radius 2 is 1.89 bits per heavy atom. The van der Waals surface area contributed by atoms with Crippen LogP contribution in [0.3, 0.4) is 0 Å². The molecule has 0 saturated carbocycles. The molecule has 2 nitrogen and oxygen atoms in total. The first-order chi connectivity index (χ1) is 3.77. The standard InChI is InChI=1S/C6H17NSi.H2O/c1-4-5-6-8-7(2)3;/h4-6,8H2,1-3H3;1H2. The summed E-state index contributed by atoms with van der Waals surface area (Å²) in [5, 5.41) is 0. The molecule has 0 aliphatic carbocycles. The van der Waals surface area contributed by atoms with Crippen molar-refractivity contribution in [2.24, 2.45) is 0 Å². The lowest BCUT2D eigenvalue weighted by atomic mass is 10.4. The van der Waals surface area contributed by atoms with Gasteiger partial charge in [-0.2, -0.15) is 0 Å². The van der Waals surface area contributed by atoms with Gasteiger partial charge in [0, 0.05) is 0 Å². The Hall–Kier alpha value is 0.137. The summed E-state index contributed by atoms with van der Waals surface area (Å²) in [7, 11) is 4.53. The van der Waals surface area contributed by atoms with E-state index in [0.29, 0.717) is 0 Å². The summed E-state index contributed by atoms with van der Waals surface area (Å²) in [5.74, 6) is 0. The van der Waals surface area contributed by atoms with E-state index in [9.17, 15) is 0 Å². The molecule has 0 spiro atoms. The number of nitrogens with zero attached hydrogens (tertiary/aromatic N) is 1. The molecule has 0 rings (SSSR count). The van der Waals surface area contributed by atoms with Gasteiger partial charge in [0.05, 0.1) is 9.68 Å². The van der Waals surface area contributed by atoms with Gasteiger partial charge in [0.25, 0.3) is 0 Å². The van der Waals surface area contributed by atoms with Gasteiger partial charge in [-0.05, 0) is 20.1 Å². The fourth-order valence-electron chi connectivity index (χ4n) is 0.678. The van der Waals surface area contributed by atoms with Crippen LogP contribution in [0.5, 0.6) is 0 Å². The fourth-order valence-corrected chi connectivity index (χ4v) is 2.03. The molecule has 0 saturated heterocycles. The summed E-state index contributed by atoms with van der Waals surface area (Å²) in [6.45, 7) is 2.25. The lowest BCUT2D eigenvalue weighted by Crippen LogP contribution is -2.16. The van der Waals surface area contributed by atoms with Crippen molar-refractivity contribution in [3.05, 3.63) is 0 Å². The second kappa shape index (κ2) is 8.14. The molecule has 0 unspecified atom stereocenters. The fraction of sp³-hybridized carbons (Fsp3) is 1.00. The van der Waals surface area contributed by atoms with Crippen LogP contribution in [-0.4, -0.2) is 33.8 Å². The number of hydrogen-bond acceptors (Lipinski definition) is 1. The molecule has 3 heteroatoms. The van der Waals surface area contributed by atoms with E-state index in [4.69, 9.17) is 0 Å². The van der Waals surface area contributed by atoms with Crippen molar-refractivity contribution in [3.8, 4) is 0 Å².